The molecule has 0 saturated carbocycles. The van der Waals surface area contributed by atoms with Crippen LogP contribution in [0, 0.1) is 5.92 Å². The molecule has 2 amide bonds. The van der Waals surface area contributed by atoms with Gasteiger partial charge in [0.15, 0.2) is 0 Å². The quantitative estimate of drug-likeness (QED) is 0.756. The number of piperidine rings is 1. The average Bonchev–Trinajstić information content (AvgIpc) is 2.73. The van der Waals surface area contributed by atoms with Crippen molar-refractivity contribution in [3.8, 4) is 0 Å². The molecule has 1 aromatic carbocycles. The van der Waals surface area contributed by atoms with Crippen LogP contribution in [0.5, 0.6) is 0 Å². The molecule has 0 radical (unpaired) electrons. The number of nitrogens with one attached hydrogen (secondary N) is 2. The molecule has 0 aliphatic carbocycles. The molecule has 148 valence electrons. The third kappa shape index (κ3) is 4.93. The first-order valence-electron chi connectivity index (χ1n) is 9.00. The van der Waals surface area contributed by atoms with Crippen molar-refractivity contribution in [3.63, 3.8) is 0 Å². The number of pyridine rings is 1. The van der Waals surface area contributed by atoms with E-state index in [1.807, 2.05) is 0 Å². The fourth-order valence-corrected chi connectivity index (χ4v) is 4.60. The number of sulfonamides is 1. The number of carbonyl (C=O) groups excluding carboxylic acids is 2. The summed E-state index contributed by atoms with van der Waals surface area (Å²) >= 11 is 0. The van der Waals surface area contributed by atoms with Gasteiger partial charge in [0.25, 0.3) is 0 Å². The second-order valence-electron chi connectivity index (χ2n) is 6.50. The Morgan fingerprint density at radius 2 is 1.86 bits per heavy atom. The molecule has 0 unspecified atom stereocenters. The van der Waals surface area contributed by atoms with Crippen LogP contribution >= 0.6 is 0 Å². The molecule has 9 heteroatoms. The summed E-state index contributed by atoms with van der Waals surface area (Å²) in [5.41, 5.74) is 0. The van der Waals surface area contributed by atoms with E-state index in [-0.39, 0.29) is 23.9 Å². The van der Waals surface area contributed by atoms with Crippen LogP contribution in [0.2, 0.25) is 0 Å². The van der Waals surface area contributed by atoms with Gasteiger partial charge in [0, 0.05) is 19.3 Å². The maximum atomic E-state index is 12.7. The minimum atomic E-state index is -3.63. The number of hydrogen-bond donors (Lipinski definition) is 2. The molecule has 1 aromatic heterocycles. The van der Waals surface area contributed by atoms with E-state index < -0.39 is 21.8 Å². The number of nitrogens with zero attached hydrogens (tertiary/aromatic N) is 2. The highest BCUT2D eigenvalue weighted by atomic mass is 32.2. The zero-order valence-electron chi connectivity index (χ0n) is 15.2. The summed E-state index contributed by atoms with van der Waals surface area (Å²) < 4.78 is 26.8. The Labute approximate surface area is 164 Å². The van der Waals surface area contributed by atoms with Crippen molar-refractivity contribution >= 4 is 27.7 Å². The van der Waals surface area contributed by atoms with Crippen LogP contribution in [-0.2, 0) is 19.6 Å². The first-order valence-corrected chi connectivity index (χ1v) is 10.4. The molecule has 2 N–H and O–H groups in total. The SMILES string of the molecule is O=C(CNC(=O)[C@H]1CCCN(S(=O)(=O)c2ccccc2)C1)Nc1ccccn1. The third-order valence-electron chi connectivity index (χ3n) is 4.49. The van der Waals surface area contributed by atoms with Crippen LogP contribution in [0.15, 0.2) is 59.6 Å². The van der Waals surface area contributed by atoms with Gasteiger partial charge in [0.05, 0.1) is 17.4 Å². The number of anilines is 1. The van der Waals surface area contributed by atoms with E-state index in [1.54, 1.807) is 54.7 Å². The first-order chi connectivity index (χ1) is 13.5. The lowest BCUT2D eigenvalue weighted by Crippen LogP contribution is -2.46. The van der Waals surface area contributed by atoms with Gasteiger partial charge in [0.1, 0.15) is 5.82 Å². The largest absolute Gasteiger partial charge is 0.347 e. The Balaban J connectivity index is 1.55. The lowest BCUT2D eigenvalue weighted by molar-refractivity contribution is -0.128. The molecule has 0 spiro atoms. The van der Waals surface area contributed by atoms with Gasteiger partial charge >= 0.3 is 0 Å². The van der Waals surface area contributed by atoms with E-state index in [1.165, 1.54) is 4.31 Å². The Hall–Kier alpha value is -2.78. The van der Waals surface area contributed by atoms with Gasteiger partial charge in [-0.2, -0.15) is 4.31 Å². The fraction of sp³-hybridized carbons (Fsp3) is 0.316. The number of benzene rings is 1. The molecule has 1 saturated heterocycles. The number of rotatable bonds is 6. The van der Waals surface area contributed by atoms with E-state index in [0.29, 0.717) is 25.2 Å². The predicted molar refractivity (Wildman–Crippen MR) is 104 cm³/mol. The highest BCUT2D eigenvalue weighted by Crippen LogP contribution is 2.23. The molecule has 3 rings (SSSR count). The first kappa shape index (κ1) is 20.0. The zero-order chi connectivity index (χ0) is 20.0. The molecule has 1 atom stereocenters. The van der Waals surface area contributed by atoms with E-state index in [0.717, 1.165) is 0 Å². The minimum absolute atomic E-state index is 0.102. The summed E-state index contributed by atoms with van der Waals surface area (Å²) in [6.45, 7) is 0.281. The van der Waals surface area contributed by atoms with E-state index in [2.05, 4.69) is 15.6 Å². The Morgan fingerprint density at radius 3 is 2.57 bits per heavy atom. The highest BCUT2D eigenvalue weighted by Gasteiger charge is 2.33. The van der Waals surface area contributed by atoms with Crippen LogP contribution < -0.4 is 10.6 Å². The number of hydrogen-bond acceptors (Lipinski definition) is 5. The maximum Gasteiger partial charge on any atom is 0.244 e. The molecule has 2 heterocycles. The zero-order valence-corrected chi connectivity index (χ0v) is 16.1. The number of aromatic nitrogens is 1. The lowest BCUT2D eigenvalue weighted by atomic mass is 9.99. The maximum absolute atomic E-state index is 12.7. The fourth-order valence-electron chi connectivity index (χ4n) is 3.05. The van der Waals surface area contributed by atoms with Gasteiger partial charge in [-0.05, 0) is 37.1 Å². The third-order valence-corrected chi connectivity index (χ3v) is 6.37. The van der Waals surface area contributed by atoms with E-state index in [9.17, 15) is 18.0 Å². The summed E-state index contributed by atoms with van der Waals surface area (Å²) in [5.74, 6) is -0.810. The lowest BCUT2D eigenvalue weighted by Gasteiger charge is -2.31. The van der Waals surface area contributed by atoms with Crippen molar-refractivity contribution in [1.82, 2.24) is 14.6 Å². The summed E-state index contributed by atoms with van der Waals surface area (Å²) in [7, 11) is -3.63. The Morgan fingerprint density at radius 1 is 1.11 bits per heavy atom. The van der Waals surface area contributed by atoms with Gasteiger partial charge < -0.3 is 10.6 Å². The van der Waals surface area contributed by atoms with Crippen molar-refractivity contribution in [2.24, 2.45) is 5.92 Å². The molecular formula is C19H22N4O4S. The van der Waals surface area contributed by atoms with Crippen LogP contribution in [0.1, 0.15) is 12.8 Å². The van der Waals surface area contributed by atoms with E-state index >= 15 is 0 Å². The Bertz CT molecular complexity index is 919. The molecule has 8 nitrogen and oxygen atoms in total. The average molecular weight is 402 g/mol. The van der Waals surface area contributed by atoms with E-state index in [4.69, 9.17) is 0 Å². The van der Waals surface area contributed by atoms with Crippen molar-refractivity contribution < 1.29 is 18.0 Å². The highest BCUT2D eigenvalue weighted by molar-refractivity contribution is 7.89. The normalized spacial score (nSPS) is 17.6. The second kappa shape index (κ2) is 8.94. The van der Waals surface area contributed by atoms with Crippen LogP contribution in [-0.4, -0.2) is 49.2 Å². The number of amides is 2. The summed E-state index contributed by atoms with van der Waals surface area (Å²) in [6, 6.07) is 13.3. The number of carbonyl (C=O) groups is 2. The Kier molecular flexibility index (Phi) is 6.37. The summed E-state index contributed by atoms with van der Waals surface area (Å²) in [5, 5.41) is 5.17. The van der Waals surface area contributed by atoms with Gasteiger partial charge in [0.2, 0.25) is 21.8 Å². The van der Waals surface area contributed by atoms with Gasteiger partial charge in [-0.3, -0.25) is 9.59 Å². The molecule has 28 heavy (non-hydrogen) atoms. The van der Waals surface area contributed by atoms with Crippen molar-refractivity contribution in [3.05, 3.63) is 54.7 Å². The molecule has 0 bridgehead atoms. The van der Waals surface area contributed by atoms with Crippen molar-refractivity contribution in [2.75, 3.05) is 25.0 Å². The van der Waals surface area contributed by atoms with Gasteiger partial charge in [-0.15, -0.1) is 0 Å². The molecular weight excluding hydrogens is 380 g/mol. The van der Waals surface area contributed by atoms with Gasteiger partial charge in [-0.1, -0.05) is 24.3 Å². The molecule has 1 fully saturated rings. The standard InChI is InChI=1S/C19H22N4O4S/c24-18(22-17-10-4-5-11-20-17)13-21-19(25)15-7-6-12-23(14-15)28(26,27)16-8-2-1-3-9-16/h1-5,8-11,15H,6-7,12-14H2,(H,21,25)(H,20,22,24)/t15-/m0/s1. The summed E-state index contributed by atoms with van der Waals surface area (Å²) in [4.78, 5) is 28.6. The van der Waals surface area contributed by atoms with Crippen molar-refractivity contribution in [1.29, 1.82) is 0 Å². The van der Waals surface area contributed by atoms with Gasteiger partial charge in [-0.25, -0.2) is 13.4 Å². The van der Waals surface area contributed by atoms with Crippen LogP contribution in [0.3, 0.4) is 0 Å². The molecule has 1 aliphatic rings. The van der Waals surface area contributed by atoms with Crippen LogP contribution in [0.4, 0.5) is 5.82 Å². The summed E-state index contributed by atoms with van der Waals surface area (Å²) in [6.07, 6.45) is 2.72. The smallest absolute Gasteiger partial charge is 0.244 e. The van der Waals surface area contributed by atoms with Crippen LogP contribution in [0.25, 0.3) is 0 Å². The topological polar surface area (TPSA) is 108 Å². The predicted octanol–water partition coefficient (Wildman–Crippen LogP) is 1.24. The second-order valence-corrected chi connectivity index (χ2v) is 8.43. The van der Waals surface area contributed by atoms with Crippen molar-refractivity contribution in [2.45, 2.75) is 17.7 Å². The molecule has 1 aliphatic heterocycles. The minimum Gasteiger partial charge on any atom is -0.347 e. The molecule has 2 aromatic rings. The monoisotopic (exact) mass is 402 g/mol.